The molecule has 3 rings (SSSR count). The third-order valence-corrected chi connectivity index (χ3v) is 4.22. The molecule has 2 aliphatic heterocycles. The molecule has 5 nitrogen and oxygen atoms in total. The minimum absolute atomic E-state index is 0. The summed E-state index contributed by atoms with van der Waals surface area (Å²) >= 11 is 0. The minimum Gasteiger partial charge on any atom is -0.379 e. The number of hydrogen-bond donors (Lipinski definition) is 2. The highest BCUT2D eigenvalue weighted by molar-refractivity contribution is 5.85. The Morgan fingerprint density at radius 1 is 1.27 bits per heavy atom. The summed E-state index contributed by atoms with van der Waals surface area (Å²) in [6.07, 6.45) is 0. The van der Waals surface area contributed by atoms with Gasteiger partial charge in [0, 0.05) is 32.7 Å². The first-order chi connectivity index (χ1) is 10.3. The summed E-state index contributed by atoms with van der Waals surface area (Å²) < 4.78 is 5.40. The molecule has 0 aromatic heterocycles. The minimum atomic E-state index is 0. The third kappa shape index (κ3) is 4.43. The number of morpholine rings is 1. The SMILES string of the molecule is Cl.O=C(NC(CN1CCOCC1)c1ccccc1)C1CNC1. The molecule has 122 valence electrons. The van der Waals surface area contributed by atoms with Gasteiger partial charge in [-0.2, -0.15) is 0 Å². The molecule has 0 spiro atoms. The van der Waals surface area contributed by atoms with E-state index in [0.29, 0.717) is 0 Å². The molecule has 2 N–H and O–H groups in total. The van der Waals surface area contributed by atoms with Gasteiger partial charge in [0.05, 0.1) is 25.2 Å². The van der Waals surface area contributed by atoms with Crippen molar-refractivity contribution in [2.75, 3.05) is 45.9 Å². The second-order valence-corrected chi connectivity index (χ2v) is 5.74. The van der Waals surface area contributed by atoms with Crippen molar-refractivity contribution in [1.82, 2.24) is 15.5 Å². The van der Waals surface area contributed by atoms with E-state index >= 15 is 0 Å². The van der Waals surface area contributed by atoms with Crippen molar-refractivity contribution in [3.63, 3.8) is 0 Å². The van der Waals surface area contributed by atoms with Crippen LogP contribution in [-0.2, 0) is 9.53 Å². The highest BCUT2D eigenvalue weighted by Crippen LogP contribution is 2.16. The lowest BCUT2D eigenvalue weighted by Crippen LogP contribution is -2.52. The van der Waals surface area contributed by atoms with Gasteiger partial charge in [-0.15, -0.1) is 12.4 Å². The number of carbonyl (C=O) groups excluding carboxylic acids is 1. The molecule has 1 atom stereocenters. The number of rotatable bonds is 5. The van der Waals surface area contributed by atoms with E-state index in [2.05, 4.69) is 27.7 Å². The third-order valence-electron chi connectivity index (χ3n) is 4.22. The predicted molar refractivity (Wildman–Crippen MR) is 88.2 cm³/mol. The highest BCUT2D eigenvalue weighted by Gasteiger charge is 2.28. The molecular formula is C16H24ClN3O2. The van der Waals surface area contributed by atoms with E-state index in [1.165, 1.54) is 5.56 Å². The van der Waals surface area contributed by atoms with Crippen LogP contribution in [-0.4, -0.2) is 56.7 Å². The molecule has 0 aliphatic carbocycles. The summed E-state index contributed by atoms with van der Waals surface area (Å²) in [7, 11) is 0. The summed E-state index contributed by atoms with van der Waals surface area (Å²) in [4.78, 5) is 14.6. The first kappa shape index (κ1) is 17.2. The Morgan fingerprint density at radius 3 is 2.55 bits per heavy atom. The fraction of sp³-hybridized carbons (Fsp3) is 0.562. The van der Waals surface area contributed by atoms with Gasteiger partial charge in [0.2, 0.25) is 5.91 Å². The normalized spacial score (nSPS) is 20.5. The molecule has 2 aliphatic rings. The lowest BCUT2D eigenvalue weighted by atomic mass is 10.00. The van der Waals surface area contributed by atoms with E-state index in [9.17, 15) is 4.79 Å². The fourth-order valence-corrected chi connectivity index (χ4v) is 2.73. The van der Waals surface area contributed by atoms with Crippen LogP contribution in [0, 0.1) is 5.92 Å². The Bertz CT molecular complexity index is 462. The van der Waals surface area contributed by atoms with Gasteiger partial charge in [0.1, 0.15) is 0 Å². The van der Waals surface area contributed by atoms with Gasteiger partial charge in [-0.05, 0) is 5.56 Å². The lowest BCUT2D eigenvalue weighted by Gasteiger charge is -2.33. The number of hydrogen-bond acceptors (Lipinski definition) is 4. The van der Waals surface area contributed by atoms with Gasteiger partial charge in [-0.1, -0.05) is 30.3 Å². The van der Waals surface area contributed by atoms with E-state index < -0.39 is 0 Å². The molecule has 0 radical (unpaired) electrons. The average molecular weight is 326 g/mol. The number of ether oxygens (including phenoxy) is 1. The molecule has 1 amide bonds. The van der Waals surface area contributed by atoms with Crippen molar-refractivity contribution in [2.45, 2.75) is 6.04 Å². The van der Waals surface area contributed by atoms with E-state index in [0.717, 1.165) is 45.9 Å². The van der Waals surface area contributed by atoms with E-state index in [1.807, 2.05) is 18.2 Å². The largest absolute Gasteiger partial charge is 0.379 e. The zero-order chi connectivity index (χ0) is 14.5. The number of amides is 1. The molecule has 2 saturated heterocycles. The van der Waals surface area contributed by atoms with Gasteiger partial charge in [0.15, 0.2) is 0 Å². The maximum Gasteiger partial charge on any atom is 0.226 e. The van der Waals surface area contributed by atoms with Gasteiger partial charge in [-0.25, -0.2) is 0 Å². The fourth-order valence-electron chi connectivity index (χ4n) is 2.73. The second kappa shape index (κ2) is 8.48. The standard InChI is InChI=1S/C16H23N3O2.ClH/c20-16(14-10-17-11-14)18-15(13-4-2-1-3-5-13)12-19-6-8-21-9-7-19;/h1-5,14-15,17H,6-12H2,(H,18,20);1H. The Morgan fingerprint density at radius 2 is 1.95 bits per heavy atom. The molecule has 1 aromatic carbocycles. The monoisotopic (exact) mass is 325 g/mol. The van der Waals surface area contributed by atoms with Gasteiger partial charge in [0.25, 0.3) is 0 Å². The maximum atomic E-state index is 12.3. The highest BCUT2D eigenvalue weighted by atomic mass is 35.5. The molecule has 2 heterocycles. The molecule has 1 aromatic rings. The van der Waals surface area contributed by atoms with Crippen LogP contribution in [0.25, 0.3) is 0 Å². The van der Waals surface area contributed by atoms with E-state index in [-0.39, 0.29) is 30.3 Å². The number of nitrogens with zero attached hydrogens (tertiary/aromatic N) is 1. The molecule has 6 heteroatoms. The Labute approximate surface area is 137 Å². The topological polar surface area (TPSA) is 53.6 Å². The number of benzene rings is 1. The quantitative estimate of drug-likeness (QED) is 0.841. The van der Waals surface area contributed by atoms with Crippen LogP contribution in [0.4, 0.5) is 0 Å². The Balaban J connectivity index is 0.00000176. The van der Waals surface area contributed by atoms with Crippen LogP contribution < -0.4 is 10.6 Å². The van der Waals surface area contributed by atoms with Crippen LogP contribution in [0.2, 0.25) is 0 Å². The predicted octanol–water partition coefficient (Wildman–Crippen LogP) is 0.817. The molecular weight excluding hydrogens is 302 g/mol. The van der Waals surface area contributed by atoms with Crippen molar-refractivity contribution < 1.29 is 9.53 Å². The Kier molecular flexibility index (Phi) is 6.64. The smallest absolute Gasteiger partial charge is 0.226 e. The van der Waals surface area contributed by atoms with Crippen molar-refractivity contribution >= 4 is 18.3 Å². The van der Waals surface area contributed by atoms with Crippen LogP contribution in [0.15, 0.2) is 30.3 Å². The summed E-state index contributed by atoms with van der Waals surface area (Å²) in [5.41, 5.74) is 1.17. The average Bonchev–Trinajstić information content (AvgIpc) is 2.47. The van der Waals surface area contributed by atoms with Gasteiger partial charge < -0.3 is 15.4 Å². The summed E-state index contributed by atoms with van der Waals surface area (Å²) in [6.45, 7) is 5.87. The van der Waals surface area contributed by atoms with E-state index in [4.69, 9.17) is 4.74 Å². The van der Waals surface area contributed by atoms with Gasteiger partial charge in [-0.3, -0.25) is 9.69 Å². The lowest BCUT2D eigenvalue weighted by molar-refractivity contribution is -0.127. The number of carbonyl (C=O) groups is 1. The maximum absolute atomic E-state index is 12.3. The zero-order valence-corrected chi connectivity index (χ0v) is 13.5. The van der Waals surface area contributed by atoms with Gasteiger partial charge >= 0.3 is 0 Å². The molecule has 2 fully saturated rings. The van der Waals surface area contributed by atoms with Crippen molar-refractivity contribution in [2.24, 2.45) is 5.92 Å². The van der Waals surface area contributed by atoms with Crippen molar-refractivity contribution in [3.05, 3.63) is 35.9 Å². The van der Waals surface area contributed by atoms with Crippen molar-refractivity contribution in [1.29, 1.82) is 0 Å². The van der Waals surface area contributed by atoms with Crippen LogP contribution in [0.1, 0.15) is 11.6 Å². The van der Waals surface area contributed by atoms with Crippen molar-refractivity contribution in [3.8, 4) is 0 Å². The summed E-state index contributed by atoms with van der Waals surface area (Å²) in [5.74, 6) is 0.289. The first-order valence-corrected chi connectivity index (χ1v) is 7.69. The molecule has 0 bridgehead atoms. The summed E-state index contributed by atoms with van der Waals surface area (Å²) in [5, 5.41) is 6.37. The Hall–Kier alpha value is -1.14. The van der Waals surface area contributed by atoms with Crippen LogP contribution >= 0.6 is 12.4 Å². The molecule has 22 heavy (non-hydrogen) atoms. The number of nitrogens with one attached hydrogen (secondary N) is 2. The molecule has 1 unspecified atom stereocenters. The first-order valence-electron chi connectivity index (χ1n) is 7.69. The second-order valence-electron chi connectivity index (χ2n) is 5.74. The van der Waals surface area contributed by atoms with E-state index in [1.54, 1.807) is 0 Å². The molecule has 0 saturated carbocycles. The number of halogens is 1. The summed E-state index contributed by atoms with van der Waals surface area (Å²) in [6, 6.07) is 10.3. The van der Waals surface area contributed by atoms with Crippen LogP contribution in [0.5, 0.6) is 0 Å². The van der Waals surface area contributed by atoms with Crippen LogP contribution in [0.3, 0.4) is 0 Å². The zero-order valence-electron chi connectivity index (χ0n) is 12.7.